The van der Waals surface area contributed by atoms with E-state index in [-0.39, 0.29) is 42.4 Å². The number of aromatic nitrogens is 1. The number of halogens is 1. The van der Waals surface area contributed by atoms with Crippen molar-refractivity contribution in [1.29, 1.82) is 0 Å². The Labute approximate surface area is 173 Å². The standard InChI is InChI=1S/C21H28FN3O3S/c1-12(10-26)24-15-2-4-16(5-3-15)25-21(27)13-6-17(7-13)28-18-8-14(22)9-19-20(18)23-11-29-19/h8-9,11-13,15-17,24,26H,2-7,10H2,1H3,(H,25,27). The van der Waals surface area contributed by atoms with E-state index >= 15 is 0 Å². The van der Waals surface area contributed by atoms with Gasteiger partial charge in [0.2, 0.25) is 5.91 Å². The van der Waals surface area contributed by atoms with Crippen LogP contribution < -0.4 is 15.4 Å². The molecule has 1 heterocycles. The molecule has 4 rings (SSSR count). The first-order valence-electron chi connectivity index (χ1n) is 10.4. The van der Waals surface area contributed by atoms with Crippen molar-refractivity contribution in [2.24, 2.45) is 5.92 Å². The SMILES string of the molecule is CC(CO)NC1CCC(NC(=O)C2CC(Oc3cc(F)cc4scnc34)C2)CC1. The van der Waals surface area contributed by atoms with Gasteiger partial charge in [0.25, 0.3) is 0 Å². The van der Waals surface area contributed by atoms with Gasteiger partial charge in [-0.25, -0.2) is 9.37 Å². The molecule has 0 bridgehead atoms. The lowest BCUT2D eigenvalue weighted by molar-refractivity contribution is -0.131. The Hall–Kier alpha value is -1.77. The van der Waals surface area contributed by atoms with Crippen LogP contribution in [0, 0.1) is 11.7 Å². The van der Waals surface area contributed by atoms with E-state index in [0.29, 0.717) is 30.1 Å². The van der Waals surface area contributed by atoms with Crippen molar-refractivity contribution in [3.8, 4) is 5.75 Å². The van der Waals surface area contributed by atoms with Crippen LogP contribution in [0.15, 0.2) is 17.6 Å². The molecule has 158 valence electrons. The van der Waals surface area contributed by atoms with Crippen LogP contribution in [0.25, 0.3) is 10.2 Å². The molecular formula is C21H28FN3O3S. The minimum atomic E-state index is -0.330. The van der Waals surface area contributed by atoms with E-state index in [1.54, 1.807) is 5.51 Å². The number of benzene rings is 1. The number of aliphatic hydroxyl groups excluding tert-OH is 1. The summed E-state index contributed by atoms with van der Waals surface area (Å²) in [5, 5.41) is 15.8. The Kier molecular flexibility index (Phi) is 6.32. The normalized spacial score (nSPS) is 28.0. The summed E-state index contributed by atoms with van der Waals surface area (Å²) in [6, 6.07) is 3.59. The predicted octanol–water partition coefficient (Wildman–Crippen LogP) is 2.99. The van der Waals surface area contributed by atoms with Crippen molar-refractivity contribution in [1.82, 2.24) is 15.6 Å². The highest BCUT2D eigenvalue weighted by atomic mass is 32.1. The van der Waals surface area contributed by atoms with Crippen molar-refractivity contribution >= 4 is 27.5 Å². The molecule has 0 saturated heterocycles. The molecule has 2 aliphatic rings. The number of thiazole rings is 1. The van der Waals surface area contributed by atoms with Gasteiger partial charge in [-0.2, -0.15) is 0 Å². The fourth-order valence-corrected chi connectivity index (χ4v) is 4.94. The van der Waals surface area contributed by atoms with Gasteiger partial charge < -0.3 is 20.5 Å². The molecule has 2 fully saturated rings. The molecule has 1 aromatic heterocycles. The monoisotopic (exact) mass is 421 g/mol. The number of amides is 1. The van der Waals surface area contributed by atoms with Gasteiger partial charge in [0.15, 0.2) is 0 Å². The summed E-state index contributed by atoms with van der Waals surface area (Å²) >= 11 is 1.39. The molecule has 8 heteroatoms. The van der Waals surface area contributed by atoms with Crippen LogP contribution in [0.5, 0.6) is 5.75 Å². The highest BCUT2D eigenvalue weighted by Crippen LogP contribution is 2.36. The van der Waals surface area contributed by atoms with E-state index in [9.17, 15) is 9.18 Å². The minimum absolute atomic E-state index is 0.0373. The van der Waals surface area contributed by atoms with Crippen LogP contribution in [0.4, 0.5) is 4.39 Å². The summed E-state index contributed by atoms with van der Waals surface area (Å²) < 4.78 is 20.4. The molecule has 1 atom stereocenters. The largest absolute Gasteiger partial charge is 0.488 e. The third kappa shape index (κ3) is 4.87. The fourth-order valence-electron chi connectivity index (χ4n) is 4.23. The molecule has 0 spiro atoms. The maximum Gasteiger partial charge on any atom is 0.223 e. The zero-order valence-electron chi connectivity index (χ0n) is 16.6. The van der Waals surface area contributed by atoms with Gasteiger partial charge >= 0.3 is 0 Å². The number of ether oxygens (including phenoxy) is 1. The molecule has 1 unspecified atom stereocenters. The average molecular weight is 422 g/mol. The van der Waals surface area contributed by atoms with Crippen LogP contribution in [0.1, 0.15) is 45.4 Å². The molecule has 1 amide bonds. The molecule has 2 aromatic rings. The van der Waals surface area contributed by atoms with Gasteiger partial charge in [-0.3, -0.25) is 4.79 Å². The summed E-state index contributed by atoms with van der Waals surface area (Å²) in [5.41, 5.74) is 2.37. The number of carbonyl (C=O) groups is 1. The first-order valence-corrected chi connectivity index (χ1v) is 11.3. The van der Waals surface area contributed by atoms with E-state index in [4.69, 9.17) is 9.84 Å². The molecule has 29 heavy (non-hydrogen) atoms. The van der Waals surface area contributed by atoms with Gasteiger partial charge in [0.05, 0.1) is 16.8 Å². The number of nitrogens with zero attached hydrogens (tertiary/aromatic N) is 1. The summed E-state index contributed by atoms with van der Waals surface area (Å²) in [7, 11) is 0. The summed E-state index contributed by atoms with van der Waals surface area (Å²) in [5.74, 6) is 0.199. The lowest BCUT2D eigenvalue weighted by Crippen LogP contribution is -2.49. The van der Waals surface area contributed by atoms with Crippen LogP contribution >= 0.6 is 11.3 Å². The van der Waals surface area contributed by atoms with Gasteiger partial charge in [-0.15, -0.1) is 11.3 Å². The molecule has 6 nitrogen and oxygen atoms in total. The number of hydrogen-bond donors (Lipinski definition) is 3. The lowest BCUT2D eigenvalue weighted by Gasteiger charge is -2.36. The van der Waals surface area contributed by atoms with Gasteiger partial charge in [-0.05, 0) is 51.5 Å². The molecular weight excluding hydrogens is 393 g/mol. The van der Waals surface area contributed by atoms with Crippen LogP contribution in [-0.4, -0.2) is 46.8 Å². The number of carbonyl (C=O) groups excluding carboxylic acids is 1. The second kappa shape index (κ2) is 8.93. The Bertz CT molecular complexity index is 847. The number of nitrogens with one attached hydrogen (secondary N) is 2. The molecule has 0 radical (unpaired) electrons. The Morgan fingerprint density at radius 3 is 2.76 bits per heavy atom. The molecule has 1 aromatic carbocycles. The quantitative estimate of drug-likeness (QED) is 0.640. The second-order valence-corrected chi connectivity index (χ2v) is 9.20. The first kappa shape index (κ1) is 20.5. The minimum Gasteiger partial charge on any atom is -0.488 e. The van der Waals surface area contributed by atoms with Crippen molar-refractivity contribution in [3.63, 3.8) is 0 Å². The van der Waals surface area contributed by atoms with Crippen molar-refractivity contribution in [3.05, 3.63) is 23.5 Å². The highest BCUT2D eigenvalue weighted by Gasteiger charge is 2.37. The molecule has 3 N–H and O–H groups in total. The van der Waals surface area contributed by atoms with Crippen molar-refractivity contribution < 1.29 is 19.0 Å². The maximum atomic E-state index is 13.7. The maximum absolute atomic E-state index is 13.7. The van der Waals surface area contributed by atoms with Gasteiger partial charge in [0, 0.05) is 30.1 Å². The van der Waals surface area contributed by atoms with Crippen LogP contribution in [0.2, 0.25) is 0 Å². The smallest absolute Gasteiger partial charge is 0.223 e. The van der Waals surface area contributed by atoms with Crippen LogP contribution in [-0.2, 0) is 4.79 Å². The van der Waals surface area contributed by atoms with Gasteiger partial charge in [-0.1, -0.05) is 0 Å². The van der Waals surface area contributed by atoms with Crippen molar-refractivity contribution in [2.75, 3.05) is 6.61 Å². The van der Waals surface area contributed by atoms with Gasteiger partial charge in [0.1, 0.15) is 23.2 Å². The third-order valence-electron chi connectivity index (χ3n) is 5.99. The van der Waals surface area contributed by atoms with E-state index < -0.39 is 0 Å². The van der Waals surface area contributed by atoms with E-state index in [1.165, 1.54) is 23.5 Å². The zero-order chi connectivity index (χ0) is 20.4. The Morgan fingerprint density at radius 2 is 2.03 bits per heavy atom. The third-order valence-corrected chi connectivity index (χ3v) is 6.77. The van der Waals surface area contributed by atoms with E-state index in [1.807, 2.05) is 6.92 Å². The number of hydrogen-bond acceptors (Lipinski definition) is 6. The first-order chi connectivity index (χ1) is 14.0. The summed E-state index contributed by atoms with van der Waals surface area (Å²) in [6.07, 6.45) is 5.16. The summed E-state index contributed by atoms with van der Waals surface area (Å²) in [4.78, 5) is 16.8. The number of rotatable bonds is 7. The topological polar surface area (TPSA) is 83.5 Å². The second-order valence-electron chi connectivity index (χ2n) is 8.32. The van der Waals surface area contributed by atoms with E-state index in [0.717, 1.165) is 30.4 Å². The Morgan fingerprint density at radius 1 is 1.31 bits per heavy atom. The molecule has 2 saturated carbocycles. The predicted molar refractivity (Wildman–Crippen MR) is 111 cm³/mol. The summed E-state index contributed by atoms with van der Waals surface area (Å²) in [6.45, 7) is 2.12. The molecule has 0 aliphatic heterocycles. The van der Waals surface area contributed by atoms with E-state index in [2.05, 4.69) is 15.6 Å². The fraction of sp³-hybridized carbons (Fsp3) is 0.619. The Balaban J connectivity index is 1.21. The zero-order valence-corrected chi connectivity index (χ0v) is 17.4. The molecule has 2 aliphatic carbocycles. The van der Waals surface area contributed by atoms with Crippen molar-refractivity contribution in [2.45, 2.75) is 69.7 Å². The highest BCUT2D eigenvalue weighted by molar-refractivity contribution is 7.16. The lowest BCUT2D eigenvalue weighted by atomic mass is 9.81. The number of aliphatic hydroxyl groups is 1. The number of fused-ring (bicyclic) bond motifs is 1. The van der Waals surface area contributed by atoms with Crippen LogP contribution in [0.3, 0.4) is 0 Å². The average Bonchev–Trinajstić information content (AvgIpc) is 3.14.